The lowest BCUT2D eigenvalue weighted by Gasteiger charge is -2.32. The lowest BCUT2D eigenvalue weighted by Crippen LogP contribution is -2.49. The molecule has 0 radical (unpaired) electrons. The standard InChI is InChI=1S/C10H13ClN2O4S3/c1-19(14,15)10-7-18-5-4-13(10)20(16,17)8-2-3-12-9(11)6-8/h2-3,6,10H,4-5,7H2,1H3. The Morgan fingerprint density at radius 3 is 2.70 bits per heavy atom. The number of rotatable bonds is 3. The maximum Gasteiger partial charge on any atom is 0.244 e. The average Bonchev–Trinajstić information content (AvgIpc) is 2.38. The van der Waals surface area contributed by atoms with Crippen LogP contribution in [0.2, 0.25) is 5.15 Å². The van der Waals surface area contributed by atoms with Crippen LogP contribution in [0.4, 0.5) is 0 Å². The summed E-state index contributed by atoms with van der Waals surface area (Å²) in [6, 6.07) is 2.53. The summed E-state index contributed by atoms with van der Waals surface area (Å²) in [6.07, 6.45) is 2.33. The topological polar surface area (TPSA) is 84.4 Å². The first kappa shape index (κ1) is 16.0. The van der Waals surface area contributed by atoms with Gasteiger partial charge in [0.05, 0.1) is 4.90 Å². The van der Waals surface area contributed by atoms with Crippen LogP contribution in [0.15, 0.2) is 23.2 Å². The Morgan fingerprint density at radius 1 is 1.40 bits per heavy atom. The van der Waals surface area contributed by atoms with E-state index in [0.29, 0.717) is 5.75 Å². The first-order valence-corrected chi connectivity index (χ1v) is 10.6. The van der Waals surface area contributed by atoms with Crippen molar-refractivity contribution < 1.29 is 16.8 Å². The van der Waals surface area contributed by atoms with Crippen LogP contribution >= 0.6 is 23.4 Å². The minimum atomic E-state index is -3.90. The molecule has 2 heterocycles. The Bertz CT molecular complexity index is 705. The van der Waals surface area contributed by atoms with Gasteiger partial charge in [-0.05, 0) is 12.1 Å². The Balaban J connectivity index is 2.46. The quantitative estimate of drug-likeness (QED) is 0.746. The molecule has 112 valence electrons. The van der Waals surface area contributed by atoms with Crippen LogP contribution < -0.4 is 0 Å². The zero-order valence-electron chi connectivity index (χ0n) is 10.6. The summed E-state index contributed by atoms with van der Waals surface area (Å²) in [7, 11) is -7.40. The van der Waals surface area contributed by atoms with Crippen LogP contribution in [-0.2, 0) is 19.9 Å². The highest BCUT2D eigenvalue weighted by Crippen LogP contribution is 2.27. The molecule has 1 unspecified atom stereocenters. The molecule has 0 aromatic carbocycles. The van der Waals surface area contributed by atoms with Gasteiger partial charge in [-0.1, -0.05) is 11.6 Å². The average molecular weight is 357 g/mol. The summed E-state index contributed by atoms with van der Waals surface area (Å²) in [6.45, 7) is 0.157. The van der Waals surface area contributed by atoms with Gasteiger partial charge in [0, 0.05) is 30.5 Å². The third kappa shape index (κ3) is 3.28. The van der Waals surface area contributed by atoms with Crippen molar-refractivity contribution in [1.82, 2.24) is 9.29 Å². The Kier molecular flexibility index (Phi) is 4.65. The third-order valence-corrected chi connectivity index (χ3v) is 7.72. The lowest BCUT2D eigenvalue weighted by atomic mass is 10.5. The first-order chi connectivity index (χ1) is 9.23. The predicted molar refractivity (Wildman–Crippen MR) is 79.1 cm³/mol. The lowest BCUT2D eigenvalue weighted by molar-refractivity contribution is 0.405. The number of aromatic nitrogens is 1. The number of nitrogens with zero attached hydrogens (tertiary/aromatic N) is 2. The maximum atomic E-state index is 12.6. The van der Waals surface area contributed by atoms with E-state index in [4.69, 9.17) is 11.6 Å². The van der Waals surface area contributed by atoms with Crippen molar-refractivity contribution in [2.75, 3.05) is 24.3 Å². The summed E-state index contributed by atoms with van der Waals surface area (Å²) >= 11 is 7.12. The molecule has 1 aliphatic heterocycles. The fourth-order valence-electron chi connectivity index (χ4n) is 1.86. The van der Waals surface area contributed by atoms with Crippen molar-refractivity contribution in [2.45, 2.75) is 10.3 Å². The van der Waals surface area contributed by atoms with Crippen LogP contribution in [0.25, 0.3) is 0 Å². The molecule has 1 fully saturated rings. The van der Waals surface area contributed by atoms with Crippen molar-refractivity contribution in [3.63, 3.8) is 0 Å². The minimum absolute atomic E-state index is 0.0435. The smallest absolute Gasteiger partial charge is 0.244 e. The van der Waals surface area contributed by atoms with Gasteiger partial charge in [0.25, 0.3) is 0 Å². The molecule has 2 rings (SSSR count). The summed E-state index contributed by atoms with van der Waals surface area (Å²) in [5.74, 6) is 0.793. The second-order valence-electron chi connectivity index (χ2n) is 4.29. The van der Waals surface area contributed by atoms with Gasteiger partial charge < -0.3 is 0 Å². The van der Waals surface area contributed by atoms with Crippen molar-refractivity contribution in [2.24, 2.45) is 0 Å². The molecular weight excluding hydrogens is 344 g/mol. The highest BCUT2D eigenvalue weighted by molar-refractivity contribution is 8.01. The molecule has 0 aliphatic carbocycles. The van der Waals surface area contributed by atoms with Crippen molar-refractivity contribution in [3.05, 3.63) is 23.5 Å². The van der Waals surface area contributed by atoms with E-state index in [9.17, 15) is 16.8 Å². The van der Waals surface area contributed by atoms with E-state index < -0.39 is 25.2 Å². The first-order valence-electron chi connectivity index (χ1n) is 5.63. The molecule has 1 atom stereocenters. The summed E-state index contributed by atoms with van der Waals surface area (Å²) in [5, 5.41) is -0.994. The molecule has 1 aromatic heterocycles. The van der Waals surface area contributed by atoms with Crippen molar-refractivity contribution in [3.8, 4) is 0 Å². The van der Waals surface area contributed by atoms with Crippen molar-refractivity contribution >= 4 is 43.2 Å². The van der Waals surface area contributed by atoms with Gasteiger partial charge in [0.2, 0.25) is 10.0 Å². The minimum Gasteiger partial charge on any atom is -0.244 e. The number of sulfone groups is 1. The molecule has 0 amide bonds. The number of thioether (sulfide) groups is 1. The fourth-order valence-corrected chi connectivity index (χ4v) is 7.28. The number of halogens is 1. The van der Waals surface area contributed by atoms with Crippen LogP contribution in [0.3, 0.4) is 0 Å². The molecule has 20 heavy (non-hydrogen) atoms. The Morgan fingerprint density at radius 2 is 2.10 bits per heavy atom. The van der Waals surface area contributed by atoms with Crippen LogP contribution in [0.5, 0.6) is 0 Å². The molecule has 1 aromatic rings. The highest BCUT2D eigenvalue weighted by Gasteiger charge is 2.39. The van der Waals surface area contributed by atoms with Crippen molar-refractivity contribution in [1.29, 1.82) is 0 Å². The maximum absolute atomic E-state index is 12.6. The van der Waals surface area contributed by atoms with Gasteiger partial charge in [-0.25, -0.2) is 21.8 Å². The summed E-state index contributed by atoms with van der Waals surface area (Å²) in [4.78, 5) is 3.68. The number of hydrogen-bond acceptors (Lipinski definition) is 6. The van der Waals surface area contributed by atoms with Gasteiger partial charge in [-0.3, -0.25) is 0 Å². The molecule has 1 aliphatic rings. The number of sulfonamides is 1. The van der Waals surface area contributed by atoms with E-state index in [1.807, 2.05) is 0 Å². The molecule has 0 bridgehead atoms. The molecule has 10 heteroatoms. The molecule has 1 saturated heterocycles. The zero-order chi connectivity index (χ0) is 15.0. The second-order valence-corrected chi connectivity index (χ2v) is 9.92. The van der Waals surface area contributed by atoms with E-state index in [-0.39, 0.29) is 22.3 Å². The molecular formula is C10H13ClN2O4S3. The van der Waals surface area contributed by atoms with Gasteiger partial charge in [-0.15, -0.1) is 0 Å². The van der Waals surface area contributed by atoms with Gasteiger partial charge in [-0.2, -0.15) is 16.1 Å². The molecule has 0 saturated carbocycles. The molecule has 6 nitrogen and oxygen atoms in total. The summed E-state index contributed by atoms with van der Waals surface area (Å²) in [5.41, 5.74) is 0. The van der Waals surface area contributed by atoms with E-state index in [2.05, 4.69) is 4.98 Å². The molecule has 0 spiro atoms. The van der Waals surface area contributed by atoms with E-state index >= 15 is 0 Å². The fraction of sp³-hybridized carbons (Fsp3) is 0.500. The van der Waals surface area contributed by atoms with Crippen LogP contribution in [0.1, 0.15) is 0 Å². The van der Waals surface area contributed by atoms with Crippen LogP contribution in [0, 0.1) is 0 Å². The van der Waals surface area contributed by atoms with Crippen LogP contribution in [-0.4, -0.2) is 55.8 Å². The van der Waals surface area contributed by atoms with E-state index in [1.54, 1.807) is 0 Å². The number of pyridine rings is 1. The largest absolute Gasteiger partial charge is 0.244 e. The Labute approximate surface area is 127 Å². The summed E-state index contributed by atoms with van der Waals surface area (Å²) < 4.78 is 49.7. The monoisotopic (exact) mass is 356 g/mol. The SMILES string of the molecule is CS(=O)(=O)C1CSCCN1S(=O)(=O)c1ccnc(Cl)c1. The second kappa shape index (κ2) is 5.80. The zero-order valence-corrected chi connectivity index (χ0v) is 13.8. The van der Waals surface area contributed by atoms with E-state index in [0.717, 1.165) is 10.6 Å². The normalized spacial score (nSPS) is 21.8. The molecule has 0 N–H and O–H groups in total. The van der Waals surface area contributed by atoms with Gasteiger partial charge >= 0.3 is 0 Å². The third-order valence-electron chi connectivity index (χ3n) is 2.84. The van der Waals surface area contributed by atoms with E-state index in [1.165, 1.54) is 30.1 Å². The number of hydrogen-bond donors (Lipinski definition) is 0. The Hall–Kier alpha value is -0.350. The van der Waals surface area contributed by atoms with Gasteiger partial charge in [0.1, 0.15) is 10.5 Å². The highest BCUT2D eigenvalue weighted by atomic mass is 35.5. The van der Waals surface area contributed by atoms with Gasteiger partial charge in [0.15, 0.2) is 9.84 Å². The predicted octanol–water partition coefficient (Wildman–Crippen LogP) is 0.843.